The highest BCUT2D eigenvalue weighted by atomic mass is 35.5. The van der Waals surface area contributed by atoms with Crippen LogP contribution < -0.4 is 19.1 Å². The quantitative estimate of drug-likeness (QED) is 0.739. The van der Waals surface area contributed by atoms with Crippen LogP contribution in [0.4, 0.5) is 5.69 Å². The van der Waals surface area contributed by atoms with Gasteiger partial charge < -0.3 is 14.8 Å². The zero-order chi connectivity index (χ0) is 20.3. The predicted octanol–water partition coefficient (Wildman–Crippen LogP) is 2.72. The van der Waals surface area contributed by atoms with Crippen molar-refractivity contribution >= 4 is 44.8 Å². The first-order valence-electron chi connectivity index (χ1n) is 8.31. The molecule has 0 saturated carbocycles. The van der Waals surface area contributed by atoms with Crippen molar-refractivity contribution in [2.24, 2.45) is 0 Å². The molecule has 7 nitrogen and oxygen atoms in total. The molecule has 2 aromatic carbocycles. The van der Waals surface area contributed by atoms with Gasteiger partial charge in [-0.05, 0) is 30.3 Å². The third-order valence-electron chi connectivity index (χ3n) is 3.92. The van der Waals surface area contributed by atoms with Gasteiger partial charge in [-0.1, -0.05) is 35.3 Å². The molecule has 1 heterocycles. The number of halogens is 2. The number of ether oxygens (including phenoxy) is 2. The van der Waals surface area contributed by atoms with Crippen molar-refractivity contribution in [3.8, 4) is 11.5 Å². The van der Waals surface area contributed by atoms with Crippen molar-refractivity contribution in [2.75, 3.05) is 30.3 Å². The van der Waals surface area contributed by atoms with Crippen LogP contribution in [0.25, 0.3) is 0 Å². The van der Waals surface area contributed by atoms with Gasteiger partial charge in [0.05, 0.1) is 18.5 Å². The number of nitrogens with zero attached hydrogens (tertiary/aromatic N) is 1. The summed E-state index contributed by atoms with van der Waals surface area (Å²) in [5.41, 5.74) is 0.210. The molecule has 0 bridgehead atoms. The van der Waals surface area contributed by atoms with Crippen LogP contribution in [0.5, 0.6) is 11.5 Å². The zero-order valence-corrected chi connectivity index (χ0v) is 17.2. The maximum Gasteiger partial charge on any atom is 0.240 e. The summed E-state index contributed by atoms with van der Waals surface area (Å²) in [5, 5.41) is 3.20. The molecule has 0 unspecified atom stereocenters. The van der Waals surface area contributed by atoms with E-state index in [1.54, 1.807) is 12.1 Å². The van der Waals surface area contributed by atoms with Gasteiger partial charge in [-0.3, -0.25) is 9.10 Å². The first-order valence-corrected chi connectivity index (χ1v) is 10.9. The van der Waals surface area contributed by atoms with Crippen molar-refractivity contribution in [2.45, 2.75) is 6.10 Å². The molecule has 0 aromatic heterocycles. The number of para-hydroxylation sites is 2. The summed E-state index contributed by atoms with van der Waals surface area (Å²) in [4.78, 5) is 12.4. The highest BCUT2D eigenvalue weighted by Gasteiger charge is 2.24. The van der Waals surface area contributed by atoms with Crippen LogP contribution in [0.1, 0.15) is 0 Å². The van der Waals surface area contributed by atoms with Gasteiger partial charge in [-0.15, -0.1) is 0 Å². The van der Waals surface area contributed by atoms with E-state index in [0.717, 1.165) is 10.6 Å². The van der Waals surface area contributed by atoms with Crippen molar-refractivity contribution in [1.82, 2.24) is 5.32 Å². The van der Waals surface area contributed by atoms with Gasteiger partial charge in [0.25, 0.3) is 0 Å². The Balaban J connectivity index is 1.63. The van der Waals surface area contributed by atoms with Crippen LogP contribution in [0, 0.1) is 0 Å². The largest absolute Gasteiger partial charge is 0.486 e. The Morgan fingerprint density at radius 1 is 1.18 bits per heavy atom. The molecule has 1 aliphatic heterocycles. The SMILES string of the molecule is CS(=O)(=O)N(CC(=O)NC[C@H]1COc2ccccc2O1)c1cc(Cl)cc(Cl)c1. The Kier molecular flexibility index (Phi) is 6.22. The maximum absolute atomic E-state index is 12.4. The number of hydrogen-bond acceptors (Lipinski definition) is 5. The van der Waals surface area contributed by atoms with E-state index in [4.69, 9.17) is 32.7 Å². The van der Waals surface area contributed by atoms with E-state index in [1.165, 1.54) is 18.2 Å². The molecule has 1 aliphatic rings. The van der Waals surface area contributed by atoms with Crippen LogP contribution >= 0.6 is 23.2 Å². The maximum atomic E-state index is 12.4. The Labute approximate surface area is 173 Å². The Bertz CT molecular complexity index is 963. The molecule has 150 valence electrons. The third-order valence-corrected chi connectivity index (χ3v) is 5.49. The van der Waals surface area contributed by atoms with Crippen LogP contribution in [0.3, 0.4) is 0 Å². The van der Waals surface area contributed by atoms with Crippen LogP contribution in [-0.4, -0.2) is 46.4 Å². The number of rotatable bonds is 6. The fraction of sp³-hybridized carbons (Fsp3) is 0.278. The number of fused-ring (bicyclic) bond motifs is 1. The summed E-state index contributed by atoms with van der Waals surface area (Å²) in [5.74, 6) is 0.745. The van der Waals surface area contributed by atoms with Gasteiger partial charge in [-0.25, -0.2) is 8.42 Å². The molecule has 28 heavy (non-hydrogen) atoms. The number of amides is 1. The number of sulfonamides is 1. The molecule has 1 atom stereocenters. The lowest BCUT2D eigenvalue weighted by atomic mass is 10.2. The smallest absolute Gasteiger partial charge is 0.240 e. The van der Waals surface area contributed by atoms with Crippen molar-refractivity contribution < 1.29 is 22.7 Å². The fourth-order valence-corrected chi connectivity index (χ4v) is 4.02. The molecule has 0 radical (unpaired) electrons. The molecular weight excluding hydrogens is 427 g/mol. The summed E-state index contributed by atoms with van der Waals surface area (Å²) < 4.78 is 36.6. The molecule has 3 rings (SSSR count). The Hall–Kier alpha value is -2.16. The monoisotopic (exact) mass is 444 g/mol. The van der Waals surface area contributed by atoms with Crippen molar-refractivity contribution in [3.05, 3.63) is 52.5 Å². The van der Waals surface area contributed by atoms with E-state index in [2.05, 4.69) is 5.32 Å². The summed E-state index contributed by atoms with van der Waals surface area (Å²) in [7, 11) is -3.73. The van der Waals surface area contributed by atoms with Gasteiger partial charge in [-0.2, -0.15) is 0 Å². The molecule has 0 fully saturated rings. The Morgan fingerprint density at radius 2 is 1.82 bits per heavy atom. The lowest BCUT2D eigenvalue weighted by molar-refractivity contribution is -0.120. The minimum atomic E-state index is -3.73. The van der Waals surface area contributed by atoms with Gasteiger partial charge in [0, 0.05) is 10.0 Å². The molecule has 0 aliphatic carbocycles. The molecule has 2 aromatic rings. The van der Waals surface area contributed by atoms with Gasteiger partial charge in [0.1, 0.15) is 19.3 Å². The van der Waals surface area contributed by atoms with E-state index in [9.17, 15) is 13.2 Å². The highest BCUT2D eigenvalue weighted by Crippen LogP contribution is 2.30. The summed E-state index contributed by atoms with van der Waals surface area (Å²) in [6.45, 7) is 0.0255. The molecule has 10 heteroatoms. The number of carbonyl (C=O) groups is 1. The third kappa shape index (κ3) is 5.21. The fourth-order valence-electron chi connectivity index (χ4n) is 2.66. The number of anilines is 1. The number of hydrogen-bond donors (Lipinski definition) is 1. The summed E-state index contributed by atoms with van der Waals surface area (Å²) in [6.07, 6.45) is 0.621. The average Bonchev–Trinajstić information content (AvgIpc) is 2.62. The van der Waals surface area contributed by atoms with Crippen molar-refractivity contribution in [3.63, 3.8) is 0 Å². The average molecular weight is 445 g/mol. The number of nitrogens with one attached hydrogen (secondary N) is 1. The van der Waals surface area contributed by atoms with Gasteiger partial charge in [0.15, 0.2) is 11.5 Å². The molecule has 1 N–H and O–H groups in total. The van der Waals surface area contributed by atoms with Gasteiger partial charge in [0.2, 0.25) is 15.9 Å². The predicted molar refractivity (Wildman–Crippen MR) is 108 cm³/mol. The Morgan fingerprint density at radius 3 is 2.46 bits per heavy atom. The molecule has 0 spiro atoms. The first-order chi connectivity index (χ1) is 13.2. The topological polar surface area (TPSA) is 84.9 Å². The minimum Gasteiger partial charge on any atom is -0.486 e. The lowest BCUT2D eigenvalue weighted by Gasteiger charge is -2.27. The summed E-state index contributed by atoms with van der Waals surface area (Å²) >= 11 is 11.9. The normalized spacial score (nSPS) is 15.8. The first kappa shape index (κ1) is 20.6. The van der Waals surface area contributed by atoms with E-state index in [1.807, 2.05) is 12.1 Å². The van der Waals surface area contributed by atoms with E-state index in [0.29, 0.717) is 11.5 Å². The van der Waals surface area contributed by atoms with Crippen LogP contribution in [0.15, 0.2) is 42.5 Å². The van der Waals surface area contributed by atoms with E-state index >= 15 is 0 Å². The zero-order valence-electron chi connectivity index (χ0n) is 14.9. The standard InChI is InChI=1S/C18H18Cl2N2O5S/c1-28(24,25)22(14-7-12(19)6-13(20)8-14)10-18(23)21-9-15-11-26-16-4-2-3-5-17(16)27-15/h2-8,15H,9-11H2,1H3,(H,21,23)/t15-/m0/s1. The molecule has 1 amide bonds. The highest BCUT2D eigenvalue weighted by molar-refractivity contribution is 7.92. The van der Waals surface area contributed by atoms with Crippen LogP contribution in [-0.2, 0) is 14.8 Å². The lowest BCUT2D eigenvalue weighted by Crippen LogP contribution is -2.45. The number of benzene rings is 2. The minimum absolute atomic E-state index is 0.168. The molecule has 0 saturated heterocycles. The van der Waals surface area contributed by atoms with E-state index in [-0.39, 0.29) is 35.0 Å². The second-order valence-corrected chi connectivity index (χ2v) is 8.98. The van der Waals surface area contributed by atoms with Gasteiger partial charge >= 0.3 is 0 Å². The number of carbonyl (C=O) groups excluding carboxylic acids is 1. The van der Waals surface area contributed by atoms with Crippen LogP contribution in [0.2, 0.25) is 10.0 Å². The van der Waals surface area contributed by atoms with Crippen molar-refractivity contribution in [1.29, 1.82) is 0 Å². The molecular formula is C18H18Cl2N2O5S. The second-order valence-electron chi connectivity index (χ2n) is 6.20. The second kappa shape index (κ2) is 8.46. The summed E-state index contributed by atoms with van der Waals surface area (Å²) in [6, 6.07) is 11.6. The van der Waals surface area contributed by atoms with E-state index < -0.39 is 22.5 Å².